The largest absolute Gasteiger partial charge is 0.480 e. The average molecular weight is 295 g/mol. The zero-order valence-electron chi connectivity index (χ0n) is 11.1. The van der Waals surface area contributed by atoms with Crippen LogP contribution in [-0.2, 0) is 19.8 Å². The van der Waals surface area contributed by atoms with Crippen LogP contribution < -0.4 is 10.5 Å². The topological polar surface area (TPSA) is 130 Å². The Hall–Kier alpha value is -1.19. The molecule has 1 atom stereocenters. The SMILES string of the molecule is CCCN(CCC)S(=O)(=O)NC(CC(N)=O)C(=O)O. The molecular weight excluding hydrogens is 274 g/mol. The number of nitrogens with zero attached hydrogens (tertiary/aromatic N) is 1. The number of aliphatic carboxylic acids is 1. The van der Waals surface area contributed by atoms with Crippen molar-refractivity contribution in [1.82, 2.24) is 9.03 Å². The monoisotopic (exact) mass is 295 g/mol. The lowest BCUT2D eigenvalue weighted by molar-refractivity contribution is -0.140. The van der Waals surface area contributed by atoms with Crippen molar-refractivity contribution in [3.8, 4) is 0 Å². The van der Waals surface area contributed by atoms with Crippen LogP contribution in [0.25, 0.3) is 0 Å². The minimum absolute atomic E-state index is 0.284. The van der Waals surface area contributed by atoms with Crippen LogP contribution in [0.4, 0.5) is 0 Å². The molecule has 1 unspecified atom stereocenters. The molecule has 0 aliphatic heterocycles. The second kappa shape index (κ2) is 8.08. The number of amides is 1. The van der Waals surface area contributed by atoms with Gasteiger partial charge in [-0.1, -0.05) is 13.8 Å². The molecule has 1 amide bonds. The summed E-state index contributed by atoms with van der Waals surface area (Å²) in [6.45, 7) is 4.20. The predicted molar refractivity (Wildman–Crippen MR) is 69.4 cm³/mol. The van der Waals surface area contributed by atoms with E-state index >= 15 is 0 Å². The molecule has 0 spiro atoms. The lowest BCUT2D eigenvalue weighted by atomic mass is 10.2. The Bertz CT molecular complexity index is 403. The van der Waals surface area contributed by atoms with Crippen LogP contribution >= 0.6 is 0 Å². The second-order valence-corrected chi connectivity index (χ2v) is 5.79. The van der Waals surface area contributed by atoms with Gasteiger partial charge in [-0.3, -0.25) is 9.59 Å². The zero-order chi connectivity index (χ0) is 15.1. The molecule has 4 N–H and O–H groups in total. The summed E-state index contributed by atoms with van der Waals surface area (Å²) in [5.74, 6) is -2.32. The summed E-state index contributed by atoms with van der Waals surface area (Å²) >= 11 is 0. The van der Waals surface area contributed by atoms with E-state index in [0.29, 0.717) is 12.8 Å². The highest BCUT2D eigenvalue weighted by molar-refractivity contribution is 7.87. The lowest BCUT2D eigenvalue weighted by Gasteiger charge is -2.23. The lowest BCUT2D eigenvalue weighted by Crippen LogP contribution is -2.50. The molecule has 0 aromatic carbocycles. The van der Waals surface area contributed by atoms with Crippen LogP contribution in [0.5, 0.6) is 0 Å². The highest BCUT2D eigenvalue weighted by atomic mass is 32.2. The molecule has 0 bridgehead atoms. The third kappa shape index (κ3) is 6.50. The molecule has 112 valence electrons. The standard InChI is InChI=1S/C10H21N3O5S/c1-3-5-13(6-4-2)19(17,18)12-8(10(15)16)7-9(11)14/h8,12H,3-7H2,1-2H3,(H2,11,14)(H,15,16). The number of nitrogens with one attached hydrogen (secondary N) is 1. The Morgan fingerprint density at radius 3 is 2.05 bits per heavy atom. The summed E-state index contributed by atoms with van der Waals surface area (Å²) < 4.78 is 27.2. The number of carbonyl (C=O) groups excluding carboxylic acids is 1. The third-order valence-electron chi connectivity index (χ3n) is 2.28. The quantitative estimate of drug-likeness (QED) is 0.489. The van der Waals surface area contributed by atoms with Crippen molar-refractivity contribution in [3.63, 3.8) is 0 Å². The summed E-state index contributed by atoms with van der Waals surface area (Å²) in [5.41, 5.74) is 4.89. The van der Waals surface area contributed by atoms with Crippen molar-refractivity contribution in [2.45, 2.75) is 39.2 Å². The minimum atomic E-state index is -3.94. The Morgan fingerprint density at radius 2 is 1.74 bits per heavy atom. The first kappa shape index (κ1) is 17.8. The molecule has 8 nitrogen and oxygen atoms in total. The number of rotatable bonds is 10. The summed E-state index contributed by atoms with van der Waals surface area (Å²) in [5, 5.41) is 8.87. The summed E-state index contributed by atoms with van der Waals surface area (Å²) in [4.78, 5) is 21.6. The molecular formula is C10H21N3O5S. The van der Waals surface area contributed by atoms with Crippen LogP contribution in [0.15, 0.2) is 0 Å². The number of primary amides is 1. The van der Waals surface area contributed by atoms with Crippen LogP contribution in [0.2, 0.25) is 0 Å². The van der Waals surface area contributed by atoms with E-state index < -0.39 is 34.5 Å². The number of hydrogen-bond acceptors (Lipinski definition) is 4. The number of carboxylic acids is 1. The van der Waals surface area contributed by atoms with Crippen molar-refractivity contribution in [3.05, 3.63) is 0 Å². The van der Waals surface area contributed by atoms with Crippen molar-refractivity contribution < 1.29 is 23.1 Å². The van der Waals surface area contributed by atoms with Crippen molar-refractivity contribution in [2.75, 3.05) is 13.1 Å². The molecule has 9 heteroatoms. The number of nitrogens with two attached hydrogens (primary N) is 1. The van der Waals surface area contributed by atoms with Gasteiger partial charge in [-0.15, -0.1) is 0 Å². The van der Waals surface area contributed by atoms with Crippen LogP contribution in [0.3, 0.4) is 0 Å². The van der Waals surface area contributed by atoms with Gasteiger partial charge in [0.1, 0.15) is 6.04 Å². The van der Waals surface area contributed by atoms with Crippen LogP contribution in [0.1, 0.15) is 33.1 Å². The Kier molecular flexibility index (Phi) is 7.57. The van der Waals surface area contributed by atoms with Gasteiger partial charge in [-0.05, 0) is 12.8 Å². The zero-order valence-corrected chi connectivity index (χ0v) is 11.9. The summed E-state index contributed by atoms with van der Waals surface area (Å²) in [7, 11) is -3.94. The minimum Gasteiger partial charge on any atom is -0.480 e. The molecule has 0 radical (unpaired) electrons. The van der Waals surface area contributed by atoms with Gasteiger partial charge in [0.15, 0.2) is 0 Å². The Morgan fingerprint density at radius 1 is 1.26 bits per heavy atom. The highest BCUT2D eigenvalue weighted by Crippen LogP contribution is 2.04. The predicted octanol–water partition coefficient (Wildman–Crippen LogP) is -0.729. The molecule has 0 aromatic rings. The Labute approximate surface area is 113 Å². The van der Waals surface area contributed by atoms with E-state index in [1.54, 1.807) is 0 Å². The van der Waals surface area contributed by atoms with E-state index in [1.807, 2.05) is 18.6 Å². The number of carboxylic acid groups (broad SMARTS) is 1. The van der Waals surface area contributed by atoms with E-state index in [0.717, 1.165) is 4.31 Å². The van der Waals surface area contributed by atoms with Gasteiger partial charge in [0.25, 0.3) is 10.2 Å². The smallest absolute Gasteiger partial charge is 0.322 e. The van der Waals surface area contributed by atoms with Gasteiger partial charge in [0.05, 0.1) is 6.42 Å². The van der Waals surface area contributed by atoms with Crippen molar-refractivity contribution in [2.24, 2.45) is 5.73 Å². The fourth-order valence-corrected chi connectivity index (χ4v) is 3.02. The van der Waals surface area contributed by atoms with Gasteiger partial charge in [0.2, 0.25) is 5.91 Å². The first-order chi connectivity index (χ1) is 8.74. The van der Waals surface area contributed by atoms with E-state index in [2.05, 4.69) is 0 Å². The van der Waals surface area contributed by atoms with E-state index in [-0.39, 0.29) is 13.1 Å². The normalized spacial score (nSPS) is 13.4. The highest BCUT2D eigenvalue weighted by Gasteiger charge is 2.29. The first-order valence-corrected chi connectivity index (χ1v) is 7.47. The van der Waals surface area contributed by atoms with Crippen molar-refractivity contribution >= 4 is 22.1 Å². The number of hydrogen-bond donors (Lipinski definition) is 3. The summed E-state index contributed by atoms with van der Waals surface area (Å²) in [6, 6.07) is -1.54. The van der Waals surface area contributed by atoms with Crippen LogP contribution in [-0.4, -0.2) is 48.8 Å². The summed E-state index contributed by atoms with van der Waals surface area (Å²) in [6.07, 6.45) is 0.629. The fraction of sp³-hybridized carbons (Fsp3) is 0.800. The molecule has 0 saturated carbocycles. The molecule has 19 heavy (non-hydrogen) atoms. The number of carbonyl (C=O) groups is 2. The molecule has 0 aromatic heterocycles. The van der Waals surface area contributed by atoms with Gasteiger partial charge in [-0.25, -0.2) is 0 Å². The van der Waals surface area contributed by atoms with Gasteiger partial charge in [0, 0.05) is 13.1 Å². The van der Waals surface area contributed by atoms with E-state index in [9.17, 15) is 18.0 Å². The van der Waals surface area contributed by atoms with Crippen LogP contribution in [0, 0.1) is 0 Å². The van der Waals surface area contributed by atoms with E-state index in [4.69, 9.17) is 10.8 Å². The first-order valence-electron chi connectivity index (χ1n) is 6.03. The van der Waals surface area contributed by atoms with E-state index in [1.165, 1.54) is 0 Å². The molecule has 0 rings (SSSR count). The van der Waals surface area contributed by atoms with Gasteiger partial charge >= 0.3 is 5.97 Å². The average Bonchev–Trinajstić information content (AvgIpc) is 2.26. The fourth-order valence-electron chi connectivity index (χ4n) is 1.49. The second-order valence-electron chi connectivity index (χ2n) is 4.08. The maximum absolute atomic E-state index is 12.0. The van der Waals surface area contributed by atoms with Gasteiger partial charge < -0.3 is 10.8 Å². The van der Waals surface area contributed by atoms with Crippen molar-refractivity contribution in [1.29, 1.82) is 0 Å². The van der Waals surface area contributed by atoms with Gasteiger partial charge in [-0.2, -0.15) is 17.4 Å². The maximum atomic E-state index is 12.0. The molecule has 0 saturated heterocycles. The Balaban J connectivity index is 4.95. The molecule has 0 heterocycles. The maximum Gasteiger partial charge on any atom is 0.322 e. The molecule has 0 fully saturated rings. The molecule has 0 aliphatic carbocycles. The third-order valence-corrected chi connectivity index (χ3v) is 3.91. The molecule has 0 aliphatic rings.